The summed E-state index contributed by atoms with van der Waals surface area (Å²) in [5, 5.41) is 0. The summed E-state index contributed by atoms with van der Waals surface area (Å²) in [7, 11) is -4.19. The number of unbranched alkanes of at least 4 members (excludes halogenated alkanes) is 9. The zero-order valence-corrected chi connectivity index (χ0v) is 18.5. The molecule has 0 saturated carbocycles. The summed E-state index contributed by atoms with van der Waals surface area (Å²) in [6, 6.07) is 5.49. The standard InChI is InChI=1S/C23H37FO4S/c1-2-3-4-5-6-7-8-9-11-14-21(24)15-12-10-13-20-28-22-16-18-23(19-17-22)29(25,26)27/h13,16-21H,2-12,14-15H2,1H3,(H,25,26,27). The Labute approximate surface area is 176 Å². The Morgan fingerprint density at radius 3 is 2.07 bits per heavy atom. The normalized spacial score (nSPS) is 13.1. The Kier molecular flexibility index (Phi) is 13.7. The second kappa shape index (κ2) is 15.4. The highest BCUT2D eigenvalue weighted by molar-refractivity contribution is 7.85. The van der Waals surface area contributed by atoms with Crippen molar-refractivity contribution in [2.75, 3.05) is 0 Å². The molecular formula is C23H37FO4S. The van der Waals surface area contributed by atoms with Gasteiger partial charge in [-0.25, -0.2) is 4.39 Å². The van der Waals surface area contributed by atoms with Crippen molar-refractivity contribution >= 4 is 10.1 Å². The SMILES string of the molecule is CCCCCCCCCCCC(F)CCCC=COc1ccc(S(=O)(=O)O)cc1. The first-order valence-electron chi connectivity index (χ1n) is 11.0. The van der Waals surface area contributed by atoms with Crippen LogP contribution in [0.25, 0.3) is 0 Å². The molecule has 1 rings (SSSR count). The molecule has 4 nitrogen and oxygen atoms in total. The van der Waals surface area contributed by atoms with Gasteiger partial charge in [0.15, 0.2) is 0 Å². The van der Waals surface area contributed by atoms with Gasteiger partial charge >= 0.3 is 0 Å². The molecule has 0 radical (unpaired) electrons. The summed E-state index contributed by atoms with van der Waals surface area (Å²) in [4.78, 5) is -0.171. The Hall–Kier alpha value is -1.40. The van der Waals surface area contributed by atoms with Crippen molar-refractivity contribution < 1.29 is 22.1 Å². The van der Waals surface area contributed by atoms with E-state index in [2.05, 4.69) is 6.92 Å². The number of halogens is 1. The molecule has 166 valence electrons. The smallest absolute Gasteiger partial charge is 0.294 e. The van der Waals surface area contributed by atoms with Crippen molar-refractivity contribution in [3.05, 3.63) is 36.6 Å². The lowest BCUT2D eigenvalue weighted by molar-refractivity contribution is 0.282. The number of hydrogen-bond acceptors (Lipinski definition) is 3. The molecule has 0 bridgehead atoms. The number of rotatable bonds is 17. The van der Waals surface area contributed by atoms with E-state index in [9.17, 15) is 12.8 Å². The van der Waals surface area contributed by atoms with Gasteiger partial charge in [-0.2, -0.15) is 8.42 Å². The van der Waals surface area contributed by atoms with E-state index in [-0.39, 0.29) is 4.90 Å². The molecule has 0 aliphatic rings. The lowest BCUT2D eigenvalue weighted by atomic mass is 10.0. The Morgan fingerprint density at radius 2 is 1.48 bits per heavy atom. The van der Waals surface area contributed by atoms with Crippen molar-refractivity contribution in [3.8, 4) is 5.75 Å². The summed E-state index contributed by atoms with van der Waals surface area (Å²) in [5.41, 5.74) is 0. The molecule has 6 heteroatoms. The third kappa shape index (κ3) is 13.4. The first kappa shape index (κ1) is 25.6. The summed E-state index contributed by atoms with van der Waals surface area (Å²) >= 11 is 0. The molecule has 1 atom stereocenters. The molecule has 1 N–H and O–H groups in total. The zero-order valence-electron chi connectivity index (χ0n) is 17.7. The molecule has 0 aliphatic heterocycles. The molecule has 0 fully saturated rings. The van der Waals surface area contributed by atoms with Crippen molar-refractivity contribution in [1.29, 1.82) is 0 Å². The Bertz CT molecular complexity index is 656. The molecule has 0 aromatic heterocycles. The molecule has 0 amide bonds. The third-order valence-electron chi connectivity index (χ3n) is 4.93. The van der Waals surface area contributed by atoms with Gasteiger partial charge in [0.2, 0.25) is 0 Å². The van der Waals surface area contributed by atoms with Gasteiger partial charge in [-0.3, -0.25) is 4.55 Å². The van der Waals surface area contributed by atoms with E-state index in [1.54, 1.807) is 0 Å². The minimum absolute atomic E-state index is 0.171. The van der Waals surface area contributed by atoms with Gasteiger partial charge < -0.3 is 4.74 Å². The molecule has 1 aromatic carbocycles. The minimum Gasteiger partial charge on any atom is -0.465 e. The monoisotopic (exact) mass is 428 g/mol. The fourth-order valence-electron chi connectivity index (χ4n) is 3.16. The lowest BCUT2D eigenvalue weighted by Crippen LogP contribution is -1.99. The van der Waals surface area contributed by atoms with Crippen LogP contribution in [0.1, 0.15) is 90.4 Å². The van der Waals surface area contributed by atoms with Crippen LogP contribution in [-0.2, 0) is 10.1 Å². The van der Waals surface area contributed by atoms with Gasteiger partial charge in [-0.15, -0.1) is 0 Å². The minimum atomic E-state index is -4.19. The van der Waals surface area contributed by atoms with Crippen molar-refractivity contribution in [2.24, 2.45) is 0 Å². The Morgan fingerprint density at radius 1 is 0.931 bits per heavy atom. The van der Waals surface area contributed by atoms with Gasteiger partial charge in [-0.1, -0.05) is 64.7 Å². The molecule has 0 spiro atoms. The Balaban J connectivity index is 2.01. The zero-order chi connectivity index (χ0) is 21.4. The molecule has 29 heavy (non-hydrogen) atoms. The van der Waals surface area contributed by atoms with Crippen LogP contribution in [0, 0.1) is 0 Å². The number of alkyl halides is 1. The summed E-state index contributed by atoms with van der Waals surface area (Å²) < 4.78 is 50.1. The quantitative estimate of drug-likeness (QED) is 0.161. The molecule has 0 aliphatic carbocycles. The number of ether oxygens (including phenoxy) is 1. The maximum atomic E-state index is 13.9. The highest BCUT2D eigenvalue weighted by atomic mass is 32.2. The molecule has 1 unspecified atom stereocenters. The largest absolute Gasteiger partial charge is 0.465 e. The fraction of sp³-hybridized carbons (Fsp3) is 0.652. The van der Waals surface area contributed by atoms with Gasteiger partial charge in [0.25, 0.3) is 10.1 Å². The average molecular weight is 429 g/mol. The van der Waals surface area contributed by atoms with E-state index in [4.69, 9.17) is 9.29 Å². The van der Waals surface area contributed by atoms with Crippen LogP contribution in [0.15, 0.2) is 41.5 Å². The van der Waals surface area contributed by atoms with E-state index in [0.717, 1.165) is 25.7 Å². The van der Waals surface area contributed by atoms with Gasteiger partial charge in [0.05, 0.1) is 11.2 Å². The van der Waals surface area contributed by atoms with Crippen molar-refractivity contribution in [1.82, 2.24) is 0 Å². The van der Waals surface area contributed by atoms with E-state index in [1.807, 2.05) is 6.08 Å². The van der Waals surface area contributed by atoms with Crippen LogP contribution >= 0.6 is 0 Å². The first-order valence-corrected chi connectivity index (χ1v) is 12.4. The second-order valence-electron chi connectivity index (χ2n) is 7.58. The maximum Gasteiger partial charge on any atom is 0.294 e. The number of allylic oxidation sites excluding steroid dienone is 1. The lowest BCUT2D eigenvalue weighted by Gasteiger charge is -2.07. The second-order valence-corrected chi connectivity index (χ2v) is 9.00. The topological polar surface area (TPSA) is 63.6 Å². The molecule has 1 aromatic rings. The molecule has 0 heterocycles. The van der Waals surface area contributed by atoms with Gasteiger partial charge in [0, 0.05) is 0 Å². The van der Waals surface area contributed by atoms with Crippen LogP contribution in [0.4, 0.5) is 4.39 Å². The van der Waals surface area contributed by atoms with Crippen molar-refractivity contribution in [3.63, 3.8) is 0 Å². The fourth-order valence-corrected chi connectivity index (χ4v) is 3.64. The predicted octanol–water partition coefficient (Wildman–Crippen LogP) is 7.26. The van der Waals surface area contributed by atoms with Crippen LogP contribution in [0.2, 0.25) is 0 Å². The van der Waals surface area contributed by atoms with E-state index in [0.29, 0.717) is 18.6 Å². The number of hydrogen-bond donors (Lipinski definition) is 1. The van der Waals surface area contributed by atoms with E-state index in [1.165, 1.54) is 75.5 Å². The predicted molar refractivity (Wildman–Crippen MR) is 117 cm³/mol. The maximum absolute atomic E-state index is 13.9. The van der Waals surface area contributed by atoms with E-state index < -0.39 is 16.3 Å². The summed E-state index contributed by atoms with van der Waals surface area (Å²) in [5.74, 6) is 0.474. The van der Waals surface area contributed by atoms with Gasteiger partial charge in [-0.05, 0) is 56.0 Å². The van der Waals surface area contributed by atoms with E-state index >= 15 is 0 Å². The molecular weight excluding hydrogens is 391 g/mol. The summed E-state index contributed by atoms with van der Waals surface area (Å²) in [6.07, 6.45) is 16.7. The highest BCUT2D eigenvalue weighted by Gasteiger charge is 2.08. The third-order valence-corrected chi connectivity index (χ3v) is 5.80. The van der Waals surface area contributed by atoms with Crippen molar-refractivity contribution in [2.45, 2.75) is 101 Å². The van der Waals surface area contributed by atoms with Crippen LogP contribution in [0.3, 0.4) is 0 Å². The number of benzene rings is 1. The van der Waals surface area contributed by atoms with Crippen LogP contribution in [0.5, 0.6) is 5.75 Å². The average Bonchev–Trinajstić information content (AvgIpc) is 2.69. The molecule has 0 saturated heterocycles. The first-order chi connectivity index (χ1) is 13.9. The summed E-state index contributed by atoms with van der Waals surface area (Å²) in [6.45, 7) is 2.23. The van der Waals surface area contributed by atoms with Gasteiger partial charge in [0.1, 0.15) is 11.9 Å². The van der Waals surface area contributed by atoms with Crippen LogP contribution < -0.4 is 4.74 Å². The highest BCUT2D eigenvalue weighted by Crippen LogP contribution is 2.17. The van der Waals surface area contributed by atoms with Crippen LogP contribution in [-0.4, -0.2) is 19.1 Å².